The summed E-state index contributed by atoms with van der Waals surface area (Å²) in [6.45, 7) is 0.0681. The van der Waals surface area contributed by atoms with Crippen molar-refractivity contribution in [1.29, 1.82) is 0 Å². The van der Waals surface area contributed by atoms with E-state index in [1.54, 1.807) is 48.5 Å². The van der Waals surface area contributed by atoms with E-state index in [1.807, 2.05) is 12.1 Å². The zero-order valence-electron chi connectivity index (χ0n) is 10.8. The van der Waals surface area contributed by atoms with Crippen LogP contribution in [0.4, 0.5) is 0 Å². The van der Waals surface area contributed by atoms with Crippen molar-refractivity contribution < 1.29 is 19.1 Å². The van der Waals surface area contributed by atoms with Crippen molar-refractivity contribution in [2.45, 2.75) is 0 Å². The first kappa shape index (κ1) is 21.4. The van der Waals surface area contributed by atoms with Gasteiger partial charge in [0.2, 0.25) is 0 Å². The van der Waals surface area contributed by atoms with Crippen LogP contribution < -0.4 is 0 Å². The maximum atomic E-state index is 11.6. The average Bonchev–Trinajstić information content (AvgIpc) is 2.53. The van der Waals surface area contributed by atoms with E-state index in [0.29, 0.717) is 11.1 Å². The van der Waals surface area contributed by atoms with E-state index >= 15 is 0 Å². The third-order valence-electron chi connectivity index (χ3n) is 2.57. The van der Waals surface area contributed by atoms with E-state index in [0.717, 1.165) is 0 Å². The van der Waals surface area contributed by atoms with E-state index in [1.165, 1.54) is 0 Å². The molecule has 0 fully saturated rings. The third-order valence-corrected chi connectivity index (χ3v) is 2.57. The Bertz CT molecular complexity index is 520. The molecule has 2 aromatic carbocycles. The molecule has 0 N–H and O–H groups in total. The van der Waals surface area contributed by atoms with Crippen LogP contribution in [0.5, 0.6) is 0 Å². The van der Waals surface area contributed by atoms with Gasteiger partial charge in [-0.05, 0) is 24.3 Å². The molecule has 6 heteroatoms. The molecular weight excluding hydrogens is 302 g/mol. The second-order valence-electron chi connectivity index (χ2n) is 4.00. The van der Waals surface area contributed by atoms with Crippen molar-refractivity contribution >= 4 is 71.1 Å². The predicted molar refractivity (Wildman–Crippen MR) is 87.7 cm³/mol. The fraction of sp³-hybridized carbons (Fsp3) is 0.125. The van der Waals surface area contributed by atoms with Gasteiger partial charge in [0.25, 0.3) is 0 Å². The summed E-state index contributed by atoms with van der Waals surface area (Å²) in [5.41, 5.74) is 0.948. The standard InChI is InChI=1S/C16H14O4.2Na.2H/c17-15(13-7-3-1-4-8-13)19-11-12-20-16(18)14-9-5-2-6-10-14;;;;/h1-10H,11-12H2;;;;. The first-order valence-electron chi connectivity index (χ1n) is 6.22. The number of rotatable bonds is 5. The van der Waals surface area contributed by atoms with Gasteiger partial charge in [0.15, 0.2) is 0 Å². The van der Waals surface area contributed by atoms with Crippen LogP contribution in [-0.4, -0.2) is 84.3 Å². The Labute approximate surface area is 173 Å². The Hall–Kier alpha value is -0.620. The van der Waals surface area contributed by atoms with E-state index in [9.17, 15) is 9.59 Å². The van der Waals surface area contributed by atoms with Gasteiger partial charge in [-0.25, -0.2) is 9.59 Å². The van der Waals surface area contributed by atoms with Gasteiger partial charge in [-0.2, -0.15) is 0 Å². The normalized spacial score (nSPS) is 8.91. The van der Waals surface area contributed by atoms with Gasteiger partial charge in [-0.15, -0.1) is 0 Å². The van der Waals surface area contributed by atoms with Crippen LogP contribution in [0.1, 0.15) is 20.7 Å². The molecule has 0 bridgehead atoms. The molecule has 0 saturated heterocycles. The molecule has 22 heavy (non-hydrogen) atoms. The monoisotopic (exact) mass is 318 g/mol. The number of benzene rings is 2. The molecule has 0 aliphatic carbocycles. The SMILES string of the molecule is O=C(OCCOC(=O)c1ccccc1)c1ccccc1.[NaH].[NaH]. The summed E-state index contributed by atoms with van der Waals surface area (Å²) < 4.78 is 10.00. The van der Waals surface area contributed by atoms with Gasteiger partial charge in [-0.1, -0.05) is 36.4 Å². The van der Waals surface area contributed by atoms with Gasteiger partial charge in [-0.3, -0.25) is 0 Å². The van der Waals surface area contributed by atoms with Gasteiger partial charge < -0.3 is 9.47 Å². The van der Waals surface area contributed by atoms with Gasteiger partial charge in [0.05, 0.1) is 11.1 Å². The quantitative estimate of drug-likeness (QED) is 0.475. The molecule has 0 aliphatic rings. The van der Waals surface area contributed by atoms with Crippen LogP contribution in [0.2, 0.25) is 0 Å². The molecule has 0 aromatic heterocycles. The Morgan fingerprint density at radius 3 is 1.27 bits per heavy atom. The Morgan fingerprint density at radius 2 is 0.955 bits per heavy atom. The molecule has 0 unspecified atom stereocenters. The van der Waals surface area contributed by atoms with E-state index in [-0.39, 0.29) is 72.3 Å². The molecule has 0 radical (unpaired) electrons. The van der Waals surface area contributed by atoms with E-state index < -0.39 is 11.9 Å². The molecule has 106 valence electrons. The first-order valence-corrected chi connectivity index (χ1v) is 6.22. The van der Waals surface area contributed by atoms with Crippen LogP contribution in [0.3, 0.4) is 0 Å². The molecule has 0 aliphatic heterocycles. The minimum absolute atomic E-state index is 0. The first-order chi connectivity index (χ1) is 9.77. The fourth-order valence-corrected chi connectivity index (χ4v) is 1.58. The molecular formula is C16H16Na2O4. The van der Waals surface area contributed by atoms with Crippen LogP contribution in [0.25, 0.3) is 0 Å². The van der Waals surface area contributed by atoms with Crippen molar-refractivity contribution in [2.75, 3.05) is 13.2 Å². The molecule has 0 spiro atoms. The van der Waals surface area contributed by atoms with Crippen molar-refractivity contribution in [3.8, 4) is 0 Å². The summed E-state index contributed by atoms with van der Waals surface area (Å²) in [5.74, 6) is -0.859. The third kappa shape index (κ3) is 7.09. The minimum atomic E-state index is -0.429. The van der Waals surface area contributed by atoms with Crippen LogP contribution in [-0.2, 0) is 9.47 Å². The number of carbonyl (C=O) groups is 2. The predicted octanol–water partition coefficient (Wildman–Crippen LogP) is 1.40. The number of hydrogen-bond acceptors (Lipinski definition) is 4. The summed E-state index contributed by atoms with van der Waals surface area (Å²) in [4.78, 5) is 23.2. The van der Waals surface area contributed by atoms with Crippen LogP contribution in [0, 0.1) is 0 Å². The van der Waals surface area contributed by atoms with Gasteiger partial charge in [0.1, 0.15) is 13.2 Å². The Balaban J connectivity index is 0.00000220. The summed E-state index contributed by atoms with van der Waals surface area (Å²) in [6, 6.07) is 17.3. The molecule has 2 rings (SSSR count). The Kier molecular flexibility index (Phi) is 11.5. The molecule has 0 saturated carbocycles. The summed E-state index contributed by atoms with van der Waals surface area (Å²) in [5, 5.41) is 0. The van der Waals surface area contributed by atoms with Crippen LogP contribution >= 0.6 is 0 Å². The van der Waals surface area contributed by atoms with Crippen molar-refractivity contribution in [2.24, 2.45) is 0 Å². The summed E-state index contributed by atoms with van der Waals surface area (Å²) in [6.07, 6.45) is 0. The number of ether oxygens (including phenoxy) is 2. The molecule has 0 atom stereocenters. The number of hydrogen-bond donors (Lipinski definition) is 0. The molecule has 0 amide bonds. The second kappa shape index (κ2) is 11.9. The fourth-order valence-electron chi connectivity index (χ4n) is 1.58. The Morgan fingerprint density at radius 1 is 0.636 bits per heavy atom. The van der Waals surface area contributed by atoms with Crippen molar-refractivity contribution in [3.63, 3.8) is 0 Å². The zero-order chi connectivity index (χ0) is 14.2. The number of carbonyl (C=O) groups excluding carboxylic acids is 2. The maximum absolute atomic E-state index is 11.6. The van der Waals surface area contributed by atoms with Gasteiger partial charge >= 0.3 is 71.1 Å². The summed E-state index contributed by atoms with van der Waals surface area (Å²) >= 11 is 0. The topological polar surface area (TPSA) is 52.6 Å². The molecule has 0 heterocycles. The average molecular weight is 318 g/mol. The zero-order valence-corrected chi connectivity index (χ0v) is 10.8. The van der Waals surface area contributed by atoms with E-state index in [4.69, 9.17) is 9.47 Å². The van der Waals surface area contributed by atoms with Gasteiger partial charge in [0, 0.05) is 0 Å². The molecule has 4 nitrogen and oxygen atoms in total. The van der Waals surface area contributed by atoms with Crippen LogP contribution in [0.15, 0.2) is 60.7 Å². The summed E-state index contributed by atoms with van der Waals surface area (Å²) in [7, 11) is 0. The molecule has 2 aromatic rings. The van der Waals surface area contributed by atoms with E-state index in [2.05, 4.69) is 0 Å². The van der Waals surface area contributed by atoms with Crippen molar-refractivity contribution in [3.05, 3.63) is 71.8 Å². The number of esters is 2. The van der Waals surface area contributed by atoms with Crippen molar-refractivity contribution in [1.82, 2.24) is 0 Å². The second-order valence-corrected chi connectivity index (χ2v) is 4.00.